The maximum Gasteiger partial charge on any atom is 3.00 e. The third-order valence-electron chi connectivity index (χ3n) is 2.16. The Morgan fingerprint density at radius 2 is 2.00 bits per heavy atom. The fraction of sp³-hybridized carbons (Fsp3) is 0.556. The van der Waals surface area contributed by atoms with Crippen LogP contribution in [0.2, 0.25) is 19.1 Å². The molecule has 0 atom stereocenters. The smallest absolute Gasteiger partial charge is 1.00 e. The molecule has 0 amide bonds. The van der Waals surface area contributed by atoms with Crippen molar-refractivity contribution in [2.24, 2.45) is 0 Å². The van der Waals surface area contributed by atoms with Crippen molar-refractivity contribution in [2.45, 2.75) is 25.6 Å². The molecule has 1 aliphatic carbocycles. The first-order valence-corrected chi connectivity index (χ1v) is 7.26. The molecule has 0 aromatic heterocycles. The van der Waals surface area contributed by atoms with Crippen LogP contribution in [0.4, 0.5) is 0 Å². The average Bonchev–Trinajstić information content (AvgIpc) is 2.37. The molecular formula is C9H15Cl2OSiZr. The van der Waals surface area contributed by atoms with Crippen LogP contribution in [0.25, 0.3) is 0 Å². The van der Waals surface area contributed by atoms with Gasteiger partial charge in [0.05, 0.1) is 0 Å². The van der Waals surface area contributed by atoms with Gasteiger partial charge in [-0.05, 0) is 6.04 Å². The van der Waals surface area contributed by atoms with Gasteiger partial charge in [-0.1, -0.05) is 13.1 Å². The molecule has 1 radical (unpaired) electrons. The Labute approximate surface area is 119 Å². The van der Waals surface area contributed by atoms with Gasteiger partial charge in [0, 0.05) is 14.7 Å². The second-order valence-electron chi connectivity index (χ2n) is 3.55. The summed E-state index contributed by atoms with van der Waals surface area (Å²) in [5.74, 6) is 0. The Bertz CT molecular complexity index is 205. The predicted octanol–water partition coefficient (Wildman–Crippen LogP) is -4.08. The van der Waals surface area contributed by atoms with E-state index in [9.17, 15) is 0 Å². The summed E-state index contributed by atoms with van der Waals surface area (Å²) in [6, 6.07) is 0.958. The van der Waals surface area contributed by atoms with Crippen LogP contribution in [-0.4, -0.2) is 19.8 Å². The zero-order chi connectivity index (χ0) is 8.32. The van der Waals surface area contributed by atoms with E-state index in [1.165, 1.54) is 5.20 Å². The van der Waals surface area contributed by atoms with Crippen LogP contribution in [0.1, 0.15) is 6.42 Å². The third-order valence-corrected chi connectivity index (χ3v) is 5.44. The van der Waals surface area contributed by atoms with Gasteiger partial charge in [0.1, 0.15) is 0 Å². The van der Waals surface area contributed by atoms with E-state index in [1.807, 2.05) is 0 Å². The quantitative estimate of drug-likeness (QED) is 0.413. The van der Waals surface area contributed by atoms with Crippen molar-refractivity contribution < 1.29 is 56.1 Å². The summed E-state index contributed by atoms with van der Waals surface area (Å²) in [5, 5.41) is 10.2. The van der Waals surface area contributed by atoms with Gasteiger partial charge in [-0.3, -0.25) is 6.08 Å². The standard InChI is InChI=1S/C9H15OSi.2ClH.Zr/c1-11(2,8-7-10)9-5-3-4-6-9;;;/h3,5,10H,4,7-8H2,1-2H3;2*1H;/q-1;;;+3/p-2. The molecule has 0 bridgehead atoms. The molecule has 0 saturated carbocycles. The zero-order valence-corrected chi connectivity index (χ0v) is 13.4. The van der Waals surface area contributed by atoms with Crippen molar-refractivity contribution in [3.8, 4) is 0 Å². The molecule has 0 aliphatic heterocycles. The number of rotatable bonds is 3. The zero-order valence-electron chi connectivity index (χ0n) is 8.48. The molecule has 1 N–H and O–H groups in total. The van der Waals surface area contributed by atoms with E-state index in [-0.39, 0.29) is 51.0 Å². The summed E-state index contributed by atoms with van der Waals surface area (Å²) in [5.41, 5.74) is 0. The largest absolute Gasteiger partial charge is 3.00 e. The second kappa shape index (κ2) is 9.35. The fourth-order valence-corrected chi connectivity index (χ4v) is 3.26. The summed E-state index contributed by atoms with van der Waals surface area (Å²) < 4.78 is 0. The number of hydrogen-bond donors (Lipinski definition) is 1. The molecule has 1 aliphatic rings. The number of aliphatic hydroxyl groups excluding tert-OH is 1. The Morgan fingerprint density at radius 3 is 2.36 bits per heavy atom. The van der Waals surface area contributed by atoms with E-state index in [4.69, 9.17) is 5.11 Å². The Balaban J connectivity index is -0.000000403. The van der Waals surface area contributed by atoms with Crippen LogP contribution in [0, 0.1) is 6.08 Å². The van der Waals surface area contributed by atoms with E-state index in [2.05, 4.69) is 31.3 Å². The normalized spacial score (nSPS) is 13.5. The van der Waals surface area contributed by atoms with Crippen LogP contribution in [-0.2, 0) is 26.2 Å². The van der Waals surface area contributed by atoms with Gasteiger partial charge >= 0.3 is 26.2 Å². The molecule has 1 nitrogen and oxygen atoms in total. The van der Waals surface area contributed by atoms with Crippen molar-refractivity contribution in [1.29, 1.82) is 0 Å². The summed E-state index contributed by atoms with van der Waals surface area (Å²) in [6.45, 7) is 4.88. The van der Waals surface area contributed by atoms with Crippen LogP contribution < -0.4 is 24.8 Å². The summed E-state index contributed by atoms with van der Waals surface area (Å²) >= 11 is 0. The molecule has 5 heteroatoms. The molecule has 0 spiro atoms. The topological polar surface area (TPSA) is 20.2 Å². The maximum atomic E-state index is 8.83. The summed E-state index contributed by atoms with van der Waals surface area (Å²) in [4.78, 5) is 0. The minimum Gasteiger partial charge on any atom is -1.00 e. The minimum absolute atomic E-state index is 0. The molecular weight excluding hydrogens is 314 g/mol. The number of allylic oxidation sites excluding steroid dienone is 4. The fourth-order valence-electron chi connectivity index (χ4n) is 1.28. The second-order valence-corrected chi connectivity index (χ2v) is 8.36. The number of hydrogen-bond acceptors (Lipinski definition) is 1. The van der Waals surface area contributed by atoms with E-state index >= 15 is 0 Å². The maximum absolute atomic E-state index is 8.83. The molecule has 0 heterocycles. The Kier molecular flexibility index (Phi) is 13.7. The minimum atomic E-state index is -1.30. The molecule has 79 valence electrons. The van der Waals surface area contributed by atoms with E-state index in [1.54, 1.807) is 0 Å². The van der Waals surface area contributed by atoms with Crippen LogP contribution in [0.15, 0.2) is 17.3 Å². The van der Waals surface area contributed by atoms with Gasteiger partial charge in [-0.25, -0.2) is 11.3 Å². The van der Waals surface area contributed by atoms with E-state index in [0.29, 0.717) is 6.61 Å². The monoisotopic (exact) mass is 327 g/mol. The van der Waals surface area contributed by atoms with Gasteiger partial charge in [-0.2, -0.15) is 6.08 Å². The average molecular weight is 329 g/mol. The van der Waals surface area contributed by atoms with Crippen LogP contribution in [0.3, 0.4) is 0 Å². The van der Waals surface area contributed by atoms with Gasteiger partial charge < -0.3 is 29.9 Å². The molecule has 0 saturated heterocycles. The molecule has 0 aromatic carbocycles. The van der Waals surface area contributed by atoms with Crippen molar-refractivity contribution >= 4 is 8.07 Å². The number of aliphatic hydroxyl groups is 1. The molecule has 0 unspecified atom stereocenters. The van der Waals surface area contributed by atoms with Crippen LogP contribution in [0.5, 0.6) is 0 Å². The first-order chi connectivity index (χ1) is 5.17. The van der Waals surface area contributed by atoms with E-state index in [0.717, 1.165) is 12.5 Å². The van der Waals surface area contributed by atoms with Gasteiger partial charge in [-0.15, -0.1) is 6.42 Å². The van der Waals surface area contributed by atoms with Gasteiger partial charge in [0.2, 0.25) is 0 Å². The number of halogens is 2. The molecule has 1 rings (SSSR count). The SMILES string of the molecule is C[Si](C)(CCO)C1=[C-]CC=C1.[Cl-].[Cl-].[Zr+3]. The van der Waals surface area contributed by atoms with Gasteiger partial charge in [0.25, 0.3) is 0 Å². The molecule has 0 fully saturated rings. The summed E-state index contributed by atoms with van der Waals surface area (Å²) in [6.07, 6.45) is 8.62. The first-order valence-electron chi connectivity index (χ1n) is 4.05. The molecule has 14 heavy (non-hydrogen) atoms. The van der Waals surface area contributed by atoms with Crippen molar-refractivity contribution in [1.82, 2.24) is 0 Å². The van der Waals surface area contributed by atoms with Crippen LogP contribution >= 0.6 is 0 Å². The Morgan fingerprint density at radius 1 is 1.43 bits per heavy atom. The Hall–Kier alpha value is 1.12. The van der Waals surface area contributed by atoms with Gasteiger partial charge in [0.15, 0.2) is 0 Å². The first kappa shape index (κ1) is 20.5. The van der Waals surface area contributed by atoms with E-state index < -0.39 is 8.07 Å². The van der Waals surface area contributed by atoms with Crippen molar-refractivity contribution in [3.05, 3.63) is 23.4 Å². The molecule has 0 aromatic rings. The predicted molar refractivity (Wildman–Crippen MR) is 49.9 cm³/mol. The summed E-state index contributed by atoms with van der Waals surface area (Å²) in [7, 11) is -1.30. The third kappa shape index (κ3) is 5.87. The van der Waals surface area contributed by atoms with Crippen molar-refractivity contribution in [2.75, 3.05) is 6.61 Å². The van der Waals surface area contributed by atoms with Crippen molar-refractivity contribution in [3.63, 3.8) is 0 Å².